The number of nitrogens with zero attached hydrogens (tertiary/aromatic N) is 2. The van der Waals surface area contributed by atoms with Gasteiger partial charge < -0.3 is 9.64 Å². The minimum atomic E-state index is -4.42. The summed E-state index contributed by atoms with van der Waals surface area (Å²) in [5.74, 6) is 0.185. The monoisotopic (exact) mass is 302 g/mol. The van der Waals surface area contributed by atoms with E-state index in [4.69, 9.17) is 4.74 Å². The molecule has 4 nitrogen and oxygen atoms in total. The molecule has 1 saturated heterocycles. The second-order valence-corrected chi connectivity index (χ2v) is 5.16. The van der Waals surface area contributed by atoms with E-state index >= 15 is 0 Å². The van der Waals surface area contributed by atoms with E-state index in [1.807, 2.05) is 0 Å². The van der Waals surface area contributed by atoms with Crippen molar-refractivity contribution in [2.75, 3.05) is 26.8 Å². The largest absolute Gasteiger partial charge is 0.433 e. The lowest BCUT2D eigenvalue weighted by Crippen LogP contribution is -2.28. The lowest BCUT2D eigenvalue weighted by Gasteiger charge is -2.16. The number of likely N-dealkylation sites (tertiary alicyclic amines) is 1. The third-order valence-corrected chi connectivity index (χ3v) is 3.50. The number of ether oxygens (including phenoxy) is 1. The molecule has 1 aliphatic heterocycles. The minimum Gasteiger partial charge on any atom is -0.383 e. The molecular weight excluding hydrogens is 285 g/mol. The molecule has 1 aliphatic rings. The third-order valence-electron chi connectivity index (χ3n) is 3.50. The molecular formula is C14H17F3N2O2. The van der Waals surface area contributed by atoms with E-state index in [-0.39, 0.29) is 11.8 Å². The van der Waals surface area contributed by atoms with Crippen molar-refractivity contribution in [2.45, 2.75) is 19.0 Å². The van der Waals surface area contributed by atoms with E-state index in [9.17, 15) is 18.0 Å². The maximum Gasteiger partial charge on any atom is 0.433 e. The van der Waals surface area contributed by atoms with Crippen LogP contribution in [0.5, 0.6) is 0 Å². The van der Waals surface area contributed by atoms with Gasteiger partial charge in [0.1, 0.15) is 5.69 Å². The molecule has 0 aromatic carbocycles. The average Bonchev–Trinajstić information content (AvgIpc) is 2.76. The van der Waals surface area contributed by atoms with Crippen molar-refractivity contribution in [3.8, 4) is 0 Å². The fourth-order valence-electron chi connectivity index (χ4n) is 2.45. The first kappa shape index (κ1) is 15.8. The van der Waals surface area contributed by atoms with Gasteiger partial charge in [0.25, 0.3) is 0 Å². The standard InChI is InChI=1S/C14H17F3N2O2/c1-21-5-4-19-9-11(7-13(19)20)6-10-2-3-12(18-8-10)14(15,16)17/h2-3,8,11H,4-7,9H2,1H3/t11-/m1/s1. The maximum atomic E-state index is 12.4. The van der Waals surface area contributed by atoms with Crippen molar-refractivity contribution >= 4 is 5.91 Å². The Labute approximate surface area is 120 Å². The van der Waals surface area contributed by atoms with Crippen LogP contribution in [0.15, 0.2) is 18.3 Å². The maximum absolute atomic E-state index is 12.4. The third kappa shape index (κ3) is 4.17. The zero-order chi connectivity index (χ0) is 15.5. The summed E-state index contributed by atoms with van der Waals surface area (Å²) < 4.78 is 42.2. The molecule has 1 atom stereocenters. The number of hydrogen-bond acceptors (Lipinski definition) is 3. The highest BCUT2D eigenvalue weighted by Gasteiger charge is 2.33. The smallest absolute Gasteiger partial charge is 0.383 e. The number of halogens is 3. The van der Waals surface area contributed by atoms with Crippen LogP contribution in [0.25, 0.3) is 0 Å². The topological polar surface area (TPSA) is 42.4 Å². The predicted octanol–water partition coefficient (Wildman–Crippen LogP) is 2.14. The number of rotatable bonds is 5. The molecule has 0 N–H and O–H groups in total. The van der Waals surface area contributed by atoms with Crippen molar-refractivity contribution in [1.29, 1.82) is 0 Å². The van der Waals surface area contributed by atoms with Crippen molar-refractivity contribution < 1.29 is 22.7 Å². The fourth-order valence-corrected chi connectivity index (χ4v) is 2.45. The van der Waals surface area contributed by atoms with E-state index in [0.29, 0.717) is 32.5 Å². The minimum absolute atomic E-state index is 0.0666. The number of methoxy groups -OCH3 is 1. The predicted molar refractivity (Wildman–Crippen MR) is 69.5 cm³/mol. The average molecular weight is 302 g/mol. The summed E-state index contributed by atoms with van der Waals surface area (Å²) in [6.07, 6.45) is -2.20. The molecule has 1 aromatic rings. The summed E-state index contributed by atoms with van der Waals surface area (Å²) in [4.78, 5) is 16.9. The summed E-state index contributed by atoms with van der Waals surface area (Å²) >= 11 is 0. The summed E-state index contributed by atoms with van der Waals surface area (Å²) in [5.41, 5.74) is -0.176. The van der Waals surface area contributed by atoms with Gasteiger partial charge in [-0.3, -0.25) is 9.78 Å². The van der Waals surface area contributed by atoms with Crippen LogP contribution in [-0.4, -0.2) is 42.6 Å². The van der Waals surface area contributed by atoms with Crippen molar-refractivity contribution in [3.63, 3.8) is 0 Å². The fraction of sp³-hybridized carbons (Fsp3) is 0.571. The van der Waals surface area contributed by atoms with Gasteiger partial charge in [0, 0.05) is 32.8 Å². The van der Waals surface area contributed by atoms with Crippen LogP contribution in [0.4, 0.5) is 13.2 Å². The Morgan fingerprint density at radius 1 is 1.43 bits per heavy atom. The number of aromatic nitrogens is 1. The molecule has 21 heavy (non-hydrogen) atoms. The molecule has 2 rings (SSSR count). The van der Waals surface area contributed by atoms with Crippen LogP contribution in [0.3, 0.4) is 0 Å². The van der Waals surface area contributed by atoms with E-state index in [2.05, 4.69) is 4.98 Å². The van der Waals surface area contributed by atoms with Crippen LogP contribution in [0.1, 0.15) is 17.7 Å². The van der Waals surface area contributed by atoms with Gasteiger partial charge in [-0.05, 0) is 24.0 Å². The molecule has 1 amide bonds. The second kappa shape index (κ2) is 6.43. The zero-order valence-corrected chi connectivity index (χ0v) is 11.7. The molecule has 1 aromatic heterocycles. The summed E-state index contributed by atoms with van der Waals surface area (Å²) in [6.45, 7) is 1.65. The highest BCUT2D eigenvalue weighted by molar-refractivity contribution is 5.78. The number of alkyl halides is 3. The van der Waals surface area contributed by atoms with Crippen LogP contribution in [-0.2, 0) is 22.1 Å². The van der Waals surface area contributed by atoms with Crippen molar-refractivity contribution in [3.05, 3.63) is 29.6 Å². The Hall–Kier alpha value is -1.63. The lowest BCUT2D eigenvalue weighted by atomic mass is 9.99. The Morgan fingerprint density at radius 2 is 2.19 bits per heavy atom. The molecule has 7 heteroatoms. The van der Waals surface area contributed by atoms with Crippen LogP contribution < -0.4 is 0 Å². The molecule has 0 aliphatic carbocycles. The van der Waals surface area contributed by atoms with Gasteiger partial charge in [0.15, 0.2) is 0 Å². The molecule has 0 saturated carbocycles. The van der Waals surface area contributed by atoms with E-state index in [0.717, 1.165) is 11.6 Å². The normalized spacial score (nSPS) is 19.3. The van der Waals surface area contributed by atoms with Gasteiger partial charge in [0.05, 0.1) is 6.61 Å². The summed E-state index contributed by atoms with van der Waals surface area (Å²) in [5, 5.41) is 0. The van der Waals surface area contributed by atoms with Crippen molar-refractivity contribution in [1.82, 2.24) is 9.88 Å². The lowest BCUT2D eigenvalue weighted by molar-refractivity contribution is -0.141. The van der Waals surface area contributed by atoms with Gasteiger partial charge in [-0.15, -0.1) is 0 Å². The highest BCUT2D eigenvalue weighted by atomic mass is 19.4. The van der Waals surface area contributed by atoms with Gasteiger partial charge in [-0.2, -0.15) is 13.2 Å². The Morgan fingerprint density at radius 3 is 2.76 bits per heavy atom. The van der Waals surface area contributed by atoms with E-state index in [1.165, 1.54) is 12.3 Å². The summed E-state index contributed by atoms with van der Waals surface area (Å²) in [6, 6.07) is 2.41. The Bertz CT molecular complexity index is 488. The van der Waals surface area contributed by atoms with Crippen LogP contribution in [0.2, 0.25) is 0 Å². The van der Waals surface area contributed by atoms with Gasteiger partial charge >= 0.3 is 6.18 Å². The molecule has 0 bridgehead atoms. The first-order valence-electron chi connectivity index (χ1n) is 6.69. The van der Waals surface area contributed by atoms with Crippen LogP contribution >= 0.6 is 0 Å². The number of carbonyl (C=O) groups excluding carboxylic acids is 1. The van der Waals surface area contributed by atoms with E-state index < -0.39 is 11.9 Å². The van der Waals surface area contributed by atoms with Crippen molar-refractivity contribution in [2.24, 2.45) is 5.92 Å². The van der Waals surface area contributed by atoms with Gasteiger partial charge in [0.2, 0.25) is 5.91 Å². The number of pyridine rings is 1. The number of amides is 1. The first-order valence-corrected chi connectivity index (χ1v) is 6.69. The number of hydrogen-bond donors (Lipinski definition) is 0. The zero-order valence-electron chi connectivity index (χ0n) is 11.7. The molecule has 0 spiro atoms. The Kier molecular flexibility index (Phi) is 4.82. The number of carbonyl (C=O) groups is 1. The molecule has 0 unspecified atom stereocenters. The molecule has 116 valence electrons. The summed E-state index contributed by atoms with van der Waals surface area (Å²) in [7, 11) is 1.58. The quantitative estimate of drug-likeness (QED) is 0.837. The Balaban J connectivity index is 1.92. The van der Waals surface area contributed by atoms with Crippen LogP contribution in [0, 0.1) is 5.92 Å². The second-order valence-electron chi connectivity index (χ2n) is 5.16. The molecule has 2 heterocycles. The SMILES string of the molecule is COCCN1C[C@H](Cc2ccc(C(F)(F)F)nc2)CC1=O. The molecule has 1 fully saturated rings. The van der Waals surface area contributed by atoms with Gasteiger partial charge in [-0.1, -0.05) is 6.07 Å². The highest BCUT2D eigenvalue weighted by Crippen LogP contribution is 2.28. The molecule has 0 radical (unpaired) electrons. The van der Waals surface area contributed by atoms with Gasteiger partial charge in [-0.25, -0.2) is 0 Å². The van der Waals surface area contributed by atoms with E-state index in [1.54, 1.807) is 12.0 Å². The first-order chi connectivity index (χ1) is 9.90.